The normalized spacial score (nSPS) is 15.9. The third-order valence-electron chi connectivity index (χ3n) is 3.80. The molecule has 20 heavy (non-hydrogen) atoms. The van der Waals surface area contributed by atoms with Crippen molar-refractivity contribution in [2.45, 2.75) is 18.9 Å². The lowest BCUT2D eigenvalue weighted by atomic mass is 10.1. The van der Waals surface area contributed by atoms with Crippen molar-refractivity contribution in [3.05, 3.63) is 23.8 Å². The number of nitrogens with zero attached hydrogens (tertiary/aromatic N) is 2. The van der Waals surface area contributed by atoms with Gasteiger partial charge in [0.25, 0.3) is 5.91 Å². The molecule has 1 saturated heterocycles. The van der Waals surface area contributed by atoms with Crippen molar-refractivity contribution < 1.29 is 9.53 Å². The zero-order valence-corrected chi connectivity index (χ0v) is 12.4. The van der Waals surface area contributed by atoms with E-state index in [0.29, 0.717) is 17.3 Å². The van der Waals surface area contributed by atoms with E-state index < -0.39 is 0 Å². The zero-order valence-electron chi connectivity index (χ0n) is 12.4. The van der Waals surface area contributed by atoms with Crippen molar-refractivity contribution in [2.75, 3.05) is 45.0 Å². The molecule has 0 aromatic heterocycles. The Bertz CT molecular complexity index is 482. The quantitative estimate of drug-likeness (QED) is 0.852. The van der Waals surface area contributed by atoms with Gasteiger partial charge in [-0.1, -0.05) is 0 Å². The van der Waals surface area contributed by atoms with Crippen LogP contribution in [0.25, 0.3) is 0 Å². The average Bonchev–Trinajstić information content (AvgIpc) is 2.46. The van der Waals surface area contributed by atoms with E-state index in [4.69, 9.17) is 10.5 Å². The number of carbonyl (C=O) groups excluding carboxylic acids is 1. The van der Waals surface area contributed by atoms with Crippen molar-refractivity contribution in [3.63, 3.8) is 0 Å². The van der Waals surface area contributed by atoms with Crippen LogP contribution in [-0.4, -0.2) is 51.2 Å². The number of rotatable bonds is 3. The Labute approximate surface area is 120 Å². The second kappa shape index (κ2) is 6.13. The molecule has 0 radical (unpaired) electrons. The summed E-state index contributed by atoms with van der Waals surface area (Å²) >= 11 is 0. The third kappa shape index (κ3) is 3.04. The van der Waals surface area contributed by atoms with Gasteiger partial charge in [0, 0.05) is 46.0 Å². The highest BCUT2D eigenvalue weighted by atomic mass is 16.5. The summed E-state index contributed by atoms with van der Waals surface area (Å²) in [5.74, 6) is -0.0306. The first-order valence-electron chi connectivity index (χ1n) is 6.92. The fourth-order valence-corrected chi connectivity index (χ4v) is 2.54. The van der Waals surface area contributed by atoms with Crippen LogP contribution >= 0.6 is 0 Å². The molecule has 0 atom stereocenters. The highest BCUT2D eigenvalue weighted by molar-refractivity contribution is 5.95. The molecule has 1 heterocycles. The first-order chi connectivity index (χ1) is 9.50. The first kappa shape index (κ1) is 14.7. The van der Waals surface area contributed by atoms with E-state index in [1.807, 2.05) is 12.1 Å². The Morgan fingerprint density at radius 2 is 1.90 bits per heavy atom. The van der Waals surface area contributed by atoms with Gasteiger partial charge in [-0.25, -0.2) is 0 Å². The molecule has 1 aromatic carbocycles. The number of ether oxygens (including phenoxy) is 1. The molecule has 110 valence electrons. The molecule has 1 fully saturated rings. The Morgan fingerprint density at radius 1 is 1.25 bits per heavy atom. The fourth-order valence-electron chi connectivity index (χ4n) is 2.54. The van der Waals surface area contributed by atoms with Crippen molar-refractivity contribution in [1.29, 1.82) is 0 Å². The molecule has 0 bridgehead atoms. The molecule has 1 aliphatic rings. The largest absolute Gasteiger partial charge is 0.397 e. The van der Waals surface area contributed by atoms with E-state index in [1.165, 1.54) is 0 Å². The van der Waals surface area contributed by atoms with Crippen molar-refractivity contribution in [1.82, 2.24) is 4.90 Å². The molecule has 0 unspecified atom stereocenters. The summed E-state index contributed by atoms with van der Waals surface area (Å²) in [7, 11) is 5.52. The molecule has 1 aliphatic heterocycles. The minimum absolute atomic E-state index is 0.0306. The standard InChI is InChI=1S/C15H23N3O2/c1-17(2)15(19)11-4-5-14(13(16)10-11)18(3)12-6-8-20-9-7-12/h4-5,10,12H,6-9,16H2,1-3H3. The lowest BCUT2D eigenvalue weighted by Crippen LogP contribution is -2.37. The van der Waals surface area contributed by atoms with Crippen LogP contribution in [0.3, 0.4) is 0 Å². The fraction of sp³-hybridized carbons (Fsp3) is 0.533. The van der Waals surface area contributed by atoms with Gasteiger partial charge in [-0.05, 0) is 31.0 Å². The van der Waals surface area contributed by atoms with E-state index in [0.717, 1.165) is 31.7 Å². The predicted molar refractivity (Wildman–Crippen MR) is 81.1 cm³/mol. The van der Waals surface area contributed by atoms with Crippen LogP contribution in [0.5, 0.6) is 0 Å². The first-order valence-corrected chi connectivity index (χ1v) is 6.92. The molecular weight excluding hydrogens is 254 g/mol. The third-order valence-corrected chi connectivity index (χ3v) is 3.80. The number of hydrogen-bond acceptors (Lipinski definition) is 4. The van der Waals surface area contributed by atoms with Crippen LogP contribution in [0.2, 0.25) is 0 Å². The highest BCUT2D eigenvalue weighted by Crippen LogP contribution is 2.28. The Morgan fingerprint density at radius 3 is 2.45 bits per heavy atom. The summed E-state index contributed by atoms with van der Waals surface area (Å²) in [6.07, 6.45) is 2.02. The number of nitrogens with two attached hydrogens (primary N) is 1. The molecule has 1 aromatic rings. The van der Waals surface area contributed by atoms with Crippen molar-refractivity contribution in [2.24, 2.45) is 0 Å². The van der Waals surface area contributed by atoms with Crippen LogP contribution < -0.4 is 10.6 Å². The SMILES string of the molecule is CN(C)C(=O)c1ccc(N(C)C2CCOCC2)c(N)c1. The van der Waals surface area contributed by atoms with Crippen LogP contribution in [0, 0.1) is 0 Å². The number of carbonyl (C=O) groups is 1. The van der Waals surface area contributed by atoms with Crippen LogP contribution in [0.15, 0.2) is 18.2 Å². The van der Waals surface area contributed by atoms with E-state index in [9.17, 15) is 4.79 Å². The smallest absolute Gasteiger partial charge is 0.253 e. The Hall–Kier alpha value is -1.75. The molecule has 5 heteroatoms. The molecule has 2 rings (SSSR count). The summed E-state index contributed by atoms with van der Waals surface area (Å²) in [6.45, 7) is 1.60. The maximum Gasteiger partial charge on any atom is 0.253 e. The molecule has 0 saturated carbocycles. The summed E-state index contributed by atoms with van der Waals surface area (Å²) in [5, 5.41) is 0. The van der Waals surface area contributed by atoms with E-state index >= 15 is 0 Å². The van der Waals surface area contributed by atoms with Gasteiger partial charge in [0.2, 0.25) is 0 Å². The summed E-state index contributed by atoms with van der Waals surface area (Å²) in [5.41, 5.74) is 8.37. The number of anilines is 2. The van der Waals surface area contributed by atoms with Gasteiger partial charge in [0.1, 0.15) is 0 Å². The molecule has 0 spiro atoms. The lowest BCUT2D eigenvalue weighted by Gasteiger charge is -2.33. The molecule has 1 amide bonds. The number of hydrogen-bond donors (Lipinski definition) is 1. The van der Waals surface area contributed by atoms with Gasteiger partial charge in [0.05, 0.1) is 11.4 Å². The number of nitrogen functional groups attached to an aromatic ring is 1. The van der Waals surface area contributed by atoms with Gasteiger partial charge in [-0.3, -0.25) is 4.79 Å². The van der Waals surface area contributed by atoms with Gasteiger partial charge in [-0.2, -0.15) is 0 Å². The molecule has 0 aliphatic carbocycles. The Kier molecular flexibility index (Phi) is 4.49. The minimum atomic E-state index is -0.0306. The topological polar surface area (TPSA) is 58.8 Å². The van der Waals surface area contributed by atoms with Crippen LogP contribution in [-0.2, 0) is 4.74 Å². The summed E-state index contributed by atoms with van der Waals surface area (Å²) < 4.78 is 5.38. The Balaban J connectivity index is 2.18. The van der Waals surface area contributed by atoms with Crippen molar-refractivity contribution >= 4 is 17.3 Å². The molecule has 2 N–H and O–H groups in total. The number of amides is 1. The molecular formula is C15H23N3O2. The van der Waals surface area contributed by atoms with Crippen LogP contribution in [0.4, 0.5) is 11.4 Å². The van der Waals surface area contributed by atoms with Gasteiger partial charge in [0.15, 0.2) is 0 Å². The average molecular weight is 277 g/mol. The second-order valence-electron chi connectivity index (χ2n) is 5.43. The predicted octanol–water partition coefficient (Wildman–Crippen LogP) is 1.59. The maximum atomic E-state index is 11.9. The van der Waals surface area contributed by atoms with Gasteiger partial charge >= 0.3 is 0 Å². The van der Waals surface area contributed by atoms with E-state index in [2.05, 4.69) is 11.9 Å². The van der Waals surface area contributed by atoms with Crippen molar-refractivity contribution in [3.8, 4) is 0 Å². The van der Waals surface area contributed by atoms with E-state index in [-0.39, 0.29) is 5.91 Å². The molecule has 5 nitrogen and oxygen atoms in total. The van der Waals surface area contributed by atoms with Gasteiger partial charge < -0.3 is 20.3 Å². The zero-order chi connectivity index (χ0) is 14.7. The minimum Gasteiger partial charge on any atom is -0.397 e. The summed E-state index contributed by atoms with van der Waals surface area (Å²) in [6, 6.07) is 5.97. The number of benzene rings is 1. The van der Waals surface area contributed by atoms with E-state index in [1.54, 1.807) is 25.1 Å². The summed E-state index contributed by atoms with van der Waals surface area (Å²) in [4.78, 5) is 15.7. The van der Waals surface area contributed by atoms with Gasteiger partial charge in [-0.15, -0.1) is 0 Å². The second-order valence-corrected chi connectivity index (χ2v) is 5.43. The lowest BCUT2D eigenvalue weighted by molar-refractivity contribution is 0.0827. The maximum absolute atomic E-state index is 11.9. The monoisotopic (exact) mass is 277 g/mol. The highest BCUT2D eigenvalue weighted by Gasteiger charge is 2.20. The van der Waals surface area contributed by atoms with Crippen LogP contribution in [0.1, 0.15) is 23.2 Å².